The van der Waals surface area contributed by atoms with Crippen molar-refractivity contribution >= 4 is 17.5 Å². The number of hydrogen-bond acceptors (Lipinski definition) is 6. The third kappa shape index (κ3) is 4.31. The Balaban J connectivity index is 1.28. The molecule has 0 aliphatic carbocycles. The Morgan fingerprint density at radius 3 is 2.68 bits per heavy atom. The molecule has 0 spiro atoms. The van der Waals surface area contributed by atoms with Gasteiger partial charge in [0.1, 0.15) is 23.8 Å². The van der Waals surface area contributed by atoms with Crippen molar-refractivity contribution < 1.29 is 4.79 Å². The molecule has 1 amide bonds. The zero-order chi connectivity index (χ0) is 21.2. The standard InChI is InChI=1S/C23H33N7O/c1-2-4-18-15-30(14-13-28-9-3-10-28)22(26-18)17-7-11-29(12-8-17)23-19-5-6-20(31)27-21(19)24-16-25-23/h15-17H,2-14H2,1H3,(H,24,25,27,31). The summed E-state index contributed by atoms with van der Waals surface area (Å²) >= 11 is 0. The van der Waals surface area contributed by atoms with E-state index >= 15 is 0 Å². The third-order valence-electron chi connectivity index (χ3n) is 6.91. The molecule has 0 unspecified atom stereocenters. The van der Waals surface area contributed by atoms with E-state index < -0.39 is 0 Å². The average molecular weight is 424 g/mol. The van der Waals surface area contributed by atoms with Gasteiger partial charge in [-0.1, -0.05) is 13.3 Å². The van der Waals surface area contributed by atoms with Gasteiger partial charge >= 0.3 is 0 Å². The van der Waals surface area contributed by atoms with E-state index in [4.69, 9.17) is 4.98 Å². The number of amides is 1. The van der Waals surface area contributed by atoms with Gasteiger partial charge in [0.25, 0.3) is 0 Å². The largest absolute Gasteiger partial charge is 0.356 e. The Morgan fingerprint density at radius 2 is 1.94 bits per heavy atom. The summed E-state index contributed by atoms with van der Waals surface area (Å²) < 4.78 is 2.44. The molecule has 1 N–H and O–H groups in total. The van der Waals surface area contributed by atoms with E-state index in [1.807, 2.05) is 0 Å². The minimum atomic E-state index is 0.0452. The molecule has 8 heteroatoms. The highest BCUT2D eigenvalue weighted by Gasteiger charge is 2.29. The second-order valence-corrected chi connectivity index (χ2v) is 9.06. The van der Waals surface area contributed by atoms with Crippen LogP contribution in [0.25, 0.3) is 0 Å². The predicted octanol–water partition coefficient (Wildman–Crippen LogP) is 2.60. The zero-order valence-corrected chi connectivity index (χ0v) is 18.5. The van der Waals surface area contributed by atoms with Crippen LogP contribution >= 0.6 is 0 Å². The van der Waals surface area contributed by atoms with Crippen molar-refractivity contribution in [2.24, 2.45) is 0 Å². The number of carbonyl (C=O) groups is 1. The van der Waals surface area contributed by atoms with Crippen LogP contribution in [-0.4, -0.2) is 63.0 Å². The van der Waals surface area contributed by atoms with Crippen LogP contribution in [0.2, 0.25) is 0 Å². The lowest BCUT2D eigenvalue weighted by Gasteiger charge is -2.35. The molecule has 0 bridgehead atoms. The van der Waals surface area contributed by atoms with Gasteiger partial charge in [-0.3, -0.25) is 4.79 Å². The number of likely N-dealkylation sites (tertiary alicyclic amines) is 1. The number of hydrogen-bond donors (Lipinski definition) is 1. The topological polar surface area (TPSA) is 79.2 Å². The van der Waals surface area contributed by atoms with Crippen molar-refractivity contribution in [2.45, 2.75) is 64.3 Å². The summed E-state index contributed by atoms with van der Waals surface area (Å²) in [5.74, 6) is 3.50. The fourth-order valence-electron chi connectivity index (χ4n) is 5.02. The number of aromatic nitrogens is 4. The van der Waals surface area contributed by atoms with Crippen LogP contribution in [0.4, 0.5) is 11.6 Å². The van der Waals surface area contributed by atoms with Crippen LogP contribution in [0.15, 0.2) is 12.5 Å². The maximum atomic E-state index is 11.7. The number of imidazole rings is 1. The molecule has 3 aliphatic rings. The first-order valence-electron chi connectivity index (χ1n) is 11.9. The van der Waals surface area contributed by atoms with Crippen LogP contribution < -0.4 is 10.2 Å². The molecule has 0 aromatic carbocycles. The lowest BCUT2D eigenvalue weighted by atomic mass is 9.95. The second kappa shape index (κ2) is 8.94. The Labute approximate surface area is 184 Å². The fraction of sp³-hybridized carbons (Fsp3) is 0.652. The maximum Gasteiger partial charge on any atom is 0.225 e. The molecule has 0 saturated carbocycles. The molecule has 5 heterocycles. The number of fused-ring (bicyclic) bond motifs is 1. The lowest BCUT2D eigenvalue weighted by Crippen LogP contribution is -2.39. The summed E-state index contributed by atoms with van der Waals surface area (Å²) in [6, 6.07) is 0. The zero-order valence-electron chi connectivity index (χ0n) is 18.5. The summed E-state index contributed by atoms with van der Waals surface area (Å²) in [7, 11) is 0. The third-order valence-corrected chi connectivity index (χ3v) is 6.91. The van der Waals surface area contributed by atoms with E-state index in [1.165, 1.54) is 31.0 Å². The van der Waals surface area contributed by atoms with Gasteiger partial charge in [0.05, 0.1) is 5.69 Å². The Hall–Kier alpha value is -2.48. The molecular weight excluding hydrogens is 390 g/mol. The van der Waals surface area contributed by atoms with Crippen molar-refractivity contribution in [3.8, 4) is 0 Å². The maximum absolute atomic E-state index is 11.7. The summed E-state index contributed by atoms with van der Waals surface area (Å²) in [6.45, 7) is 8.82. The first-order chi connectivity index (χ1) is 15.2. The van der Waals surface area contributed by atoms with Gasteiger partial charge in [-0.05, 0) is 45.2 Å². The lowest BCUT2D eigenvalue weighted by molar-refractivity contribution is -0.116. The molecule has 3 aliphatic heterocycles. The highest BCUT2D eigenvalue weighted by atomic mass is 16.1. The van der Waals surface area contributed by atoms with Gasteiger partial charge in [-0.15, -0.1) is 0 Å². The normalized spacial score (nSPS) is 19.8. The smallest absolute Gasteiger partial charge is 0.225 e. The quantitative estimate of drug-likeness (QED) is 0.738. The summed E-state index contributed by atoms with van der Waals surface area (Å²) in [5, 5.41) is 2.89. The van der Waals surface area contributed by atoms with Crippen LogP contribution in [0.3, 0.4) is 0 Å². The van der Waals surface area contributed by atoms with Crippen LogP contribution in [-0.2, 0) is 24.2 Å². The van der Waals surface area contributed by atoms with Crippen molar-refractivity contribution in [1.29, 1.82) is 0 Å². The molecule has 0 radical (unpaired) electrons. The SMILES string of the molecule is CCCc1cn(CCN2CCC2)c(C2CCN(c3ncnc4c3CCC(=O)N4)CC2)n1. The van der Waals surface area contributed by atoms with Crippen molar-refractivity contribution in [1.82, 2.24) is 24.4 Å². The van der Waals surface area contributed by atoms with Crippen molar-refractivity contribution in [3.05, 3.63) is 29.6 Å². The highest BCUT2D eigenvalue weighted by molar-refractivity contribution is 5.93. The molecule has 2 saturated heterocycles. The monoisotopic (exact) mass is 423 g/mol. The average Bonchev–Trinajstić information content (AvgIpc) is 3.15. The number of carbonyl (C=O) groups excluding carboxylic acids is 1. The van der Waals surface area contributed by atoms with E-state index in [-0.39, 0.29) is 5.91 Å². The molecule has 166 valence electrons. The highest BCUT2D eigenvalue weighted by Crippen LogP contribution is 2.34. The van der Waals surface area contributed by atoms with Crippen molar-refractivity contribution in [2.75, 3.05) is 42.9 Å². The molecule has 31 heavy (non-hydrogen) atoms. The number of aryl methyl sites for hydroxylation is 1. The Morgan fingerprint density at radius 1 is 1.10 bits per heavy atom. The van der Waals surface area contributed by atoms with Gasteiger partial charge in [0, 0.05) is 50.3 Å². The number of piperidine rings is 1. The van der Waals surface area contributed by atoms with E-state index in [0.717, 1.165) is 69.7 Å². The van der Waals surface area contributed by atoms with Gasteiger partial charge in [0.2, 0.25) is 5.91 Å². The molecule has 2 fully saturated rings. The van der Waals surface area contributed by atoms with Crippen molar-refractivity contribution in [3.63, 3.8) is 0 Å². The molecule has 2 aromatic heterocycles. The van der Waals surface area contributed by atoms with Gasteiger partial charge in [-0.25, -0.2) is 15.0 Å². The first-order valence-corrected chi connectivity index (χ1v) is 11.9. The van der Waals surface area contributed by atoms with Gasteiger partial charge < -0.3 is 19.7 Å². The Bertz CT molecular complexity index is 928. The van der Waals surface area contributed by atoms with E-state index in [9.17, 15) is 4.79 Å². The van der Waals surface area contributed by atoms with E-state index in [1.54, 1.807) is 6.33 Å². The molecular formula is C23H33N7O. The number of nitrogens with zero attached hydrogens (tertiary/aromatic N) is 6. The molecule has 2 aromatic rings. The van der Waals surface area contributed by atoms with Gasteiger partial charge in [0.15, 0.2) is 0 Å². The minimum Gasteiger partial charge on any atom is -0.356 e. The number of anilines is 2. The van der Waals surface area contributed by atoms with Crippen LogP contribution in [0.5, 0.6) is 0 Å². The van der Waals surface area contributed by atoms with Crippen LogP contribution in [0, 0.1) is 0 Å². The first kappa shape index (κ1) is 20.4. The van der Waals surface area contributed by atoms with E-state index in [0.29, 0.717) is 18.2 Å². The Kier molecular flexibility index (Phi) is 5.89. The van der Waals surface area contributed by atoms with E-state index in [2.05, 4.69) is 42.8 Å². The van der Waals surface area contributed by atoms with Crippen LogP contribution in [0.1, 0.15) is 62.0 Å². The minimum absolute atomic E-state index is 0.0452. The summed E-state index contributed by atoms with van der Waals surface area (Å²) in [4.78, 5) is 30.6. The molecule has 0 atom stereocenters. The summed E-state index contributed by atoms with van der Waals surface area (Å²) in [5.41, 5.74) is 2.32. The number of rotatable bonds is 7. The molecule has 5 rings (SSSR count). The van der Waals surface area contributed by atoms with Gasteiger partial charge in [-0.2, -0.15) is 0 Å². The molecule has 8 nitrogen and oxygen atoms in total. The number of nitrogens with one attached hydrogen (secondary N) is 1. The second-order valence-electron chi connectivity index (χ2n) is 9.06. The fourth-order valence-corrected chi connectivity index (χ4v) is 5.02. The predicted molar refractivity (Wildman–Crippen MR) is 120 cm³/mol. The summed E-state index contributed by atoms with van der Waals surface area (Å²) in [6.07, 6.45) is 10.8.